The lowest BCUT2D eigenvalue weighted by molar-refractivity contribution is -0.362. The van der Waals surface area contributed by atoms with Crippen LogP contribution >= 0.6 is 11.6 Å². The highest BCUT2D eigenvalue weighted by Crippen LogP contribution is 2.70. The molecule has 248 valence electrons. The van der Waals surface area contributed by atoms with Crippen LogP contribution in [0.1, 0.15) is 68.9 Å². The number of aliphatic hydroxyl groups is 1. The zero-order valence-corrected chi connectivity index (χ0v) is 26.4. The molecule has 2 fully saturated rings. The van der Waals surface area contributed by atoms with E-state index in [2.05, 4.69) is 22.5 Å². The molecule has 4 aliphatic carbocycles. The predicted molar refractivity (Wildman–Crippen MR) is 168 cm³/mol. The lowest BCUT2D eigenvalue weighted by atomic mass is 9.50. The first-order valence-electron chi connectivity index (χ1n) is 15.7. The number of allylic oxidation sites excluding steroid dienone is 4. The summed E-state index contributed by atoms with van der Waals surface area (Å²) in [4.78, 5) is 24.4. The molecule has 5 atom stereocenters. The summed E-state index contributed by atoms with van der Waals surface area (Å²) < 4.78 is 71.8. The van der Waals surface area contributed by atoms with Gasteiger partial charge in [-0.15, -0.1) is 0 Å². The van der Waals surface area contributed by atoms with Crippen LogP contribution in [0.3, 0.4) is 0 Å². The Morgan fingerprint density at radius 2 is 1.72 bits per heavy atom. The van der Waals surface area contributed by atoms with Crippen LogP contribution in [0.2, 0.25) is 5.02 Å². The minimum Gasteiger partial charge on any atom is -0.383 e. The fraction of sp³-hybridized carbons (Fsp3) is 0.444. The van der Waals surface area contributed by atoms with Crippen LogP contribution in [0.4, 0.5) is 32.4 Å². The second-order valence-electron chi connectivity index (χ2n) is 13.2. The molecule has 2 saturated carbocycles. The average Bonchev–Trinajstić information content (AvgIpc) is 3.31. The van der Waals surface area contributed by atoms with Crippen molar-refractivity contribution >= 4 is 29.1 Å². The van der Waals surface area contributed by atoms with Crippen molar-refractivity contribution in [2.45, 2.75) is 75.5 Å². The van der Waals surface area contributed by atoms with Gasteiger partial charge in [-0.05, 0) is 110 Å². The molecular formula is C36H34ClF5N2O3. The third-order valence-corrected chi connectivity index (χ3v) is 11.0. The lowest BCUT2D eigenvalue weighted by Gasteiger charge is -2.56. The van der Waals surface area contributed by atoms with Gasteiger partial charge in [-0.3, -0.25) is 4.79 Å². The third kappa shape index (κ3) is 5.76. The van der Waals surface area contributed by atoms with Crippen LogP contribution in [0, 0.1) is 29.1 Å². The summed E-state index contributed by atoms with van der Waals surface area (Å²) in [6, 6.07) is 13.3. The standard InChI is InChI=1S/C36H34ClF5N2O3/c1-33-20-29(22-6-4-21(5-7-22)3-2-18-43-32(46)44-25-11-9-24(37)10-12-25)31-27-15-13-26(45)19-23(27)8-14-28(31)30(33)16-17-34(33,47)35(38,39)36(40,41)42/h4-7,9-12,19,28-30,47H,8,13-18,20H2,1H3,(H2,43,44,46)/t28-,29+,30-,33-,34-/m0/s1. The van der Waals surface area contributed by atoms with E-state index in [0.717, 1.165) is 22.3 Å². The van der Waals surface area contributed by atoms with Crippen LogP contribution in [0.25, 0.3) is 0 Å². The molecule has 0 saturated heterocycles. The Kier molecular flexibility index (Phi) is 8.54. The number of ketones is 1. The van der Waals surface area contributed by atoms with Gasteiger partial charge in [0, 0.05) is 34.0 Å². The fourth-order valence-corrected chi connectivity index (χ4v) is 8.62. The Bertz CT molecular complexity index is 1710. The number of hydrogen-bond acceptors (Lipinski definition) is 3. The van der Waals surface area contributed by atoms with Gasteiger partial charge >= 0.3 is 18.1 Å². The molecule has 2 amide bonds. The minimum atomic E-state index is -5.90. The molecule has 5 nitrogen and oxygen atoms in total. The van der Waals surface area contributed by atoms with Gasteiger partial charge in [-0.25, -0.2) is 4.79 Å². The molecule has 0 aliphatic heterocycles. The fourth-order valence-electron chi connectivity index (χ4n) is 8.49. The van der Waals surface area contributed by atoms with Gasteiger partial charge in [0.1, 0.15) is 5.60 Å². The summed E-state index contributed by atoms with van der Waals surface area (Å²) in [6.45, 7) is 1.46. The van der Waals surface area contributed by atoms with E-state index in [0.29, 0.717) is 42.0 Å². The van der Waals surface area contributed by atoms with Crippen molar-refractivity contribution in [3.8, 4) is 11.8 Å². The number of rotatable bonds is 4. The van der Waals surface area contributed by atoms with Crippen molar-refractivity contribution in [3.05, 3.63) is 87.5 Å². The number of anilines is 1. The van der Waals surface area contributed by atoms with Gasteiger partial charge in [-0.2, -0.15) is 22.0 Å². The summed E-state index contributed by atoms with van der Waals surface area (Å²) in [5.41, 5.74) is -0.116. The smallest absolute Gasteiger partial charge is 0.383 e. The molecule has 2 aromatic rings. The highest BCUT2D eigenvalue weighted by molar-refractivity contribution is 6.30. The van der Waals surface area contributed by atoms with E-state index in [1.54, 1.807) is 54.6 Å². The van der Waals surface area contributed by atoms with Crippen LogP contribution in [0.15, 0.2) is 71.3 Å². The Morgan fingerprint density at radius 1 is 1.02 bits per heavy atom. The number of urea groups is 1. The maximum Gasteiger partial charge on any atom is 0.456 e. The van der Waals surface area contributed by atoms with Gasteiger partial charge in [0.2, 0.25) is 0 Å². The third-order valence-electron chi connectivity index (χ3n) is 10.7. The molecule has 0 spiro atoms. The number of alkyl halides is 5. The van der Waals surface area contributed by atoms with Crippen molar-refractivity contribution < 1.29 is 36.6 Å². The zero-order chi connectivity index (χ0) is 33.8. The van der Waals surface area contributed by atoms with Crippen molar-refractivity contribution in [1.29, 1.82) is 0 Å². The van der Waals surface area contributed by atoms with Crippen molar-refractivity contribution in [2.24, 2.45) is 17.3 Å². The summed E-state index contributed by atoms with van der Waals surface area (Å²) >= 11 is 5.86. The van der Waals surface area contributed by atoms with E-state index in [4.69, 9.17) is 11.6 Å². The lowest BCUT2D eigenvalue weighted by Crippen LogP contribution is -2.65. The SMILES string of the molecule is C[C@]12C[C@H](c3ccc(C#CCNC(=O)Nc4ccc(Cl)cc4)cc3)C3=C4CCC(=O)C=C4CC[C@H]3[C@@H]1CC[C@@]2(O)C(F)(F)C(F)(F)F. The average molecular weight is 673 g/mol. The van der Waals surface area contributed by atoms with Crippen LogP contribution in [-0.4, -0.2) is 41.2 Å². The highest BCUT2D eigenvalue weighted by atomic mass is 35.5. The molecule has 3 N–H and O–H groups in total. The molecular weight excluding hydrogens is 639 g/mol. The Morgan fingerprint density at radius 3 is 2.40 bits per heavy atom. The first-order valence-corrected chi connectivity index (χ1v) is 16.1. The van der Waals surface area contributed by atoms with Gasteiger partial charge < -0.3 is 15.7 Å². The summed E-state index contributed by atoms with van der Waals surface area (Å²) in [6.07, 6.45) is -3.04. The minimum absolute atomic E-state index is 0.0277. The monoisotopic (exact) mass is 672 g/mol. The summed E-state index contributed by atoms with van der Waals surface area (Å²) in [7, 11) is 0. The van der Waals surface area contributed by atoms with E-state index in [1.165, 1.54) is 6.92 Å². The normalized spacial score (nSPS) is 28.7. The van der Waals surface area contributed by atoms with E-state index < -0.39 is 47.4 Å². The summed E-state index contributed by atoms with van der Waals surface area (Å²) in [5.74, 6) is -0.787. The molecule has 0 unspecified atom stereocenters. The van der Waals surface area contributed by atoms with Crippen molar-refractivity contribution in [3.63, 3.8) is 0 Å². The molecule has 0 aromatic heterocycles. The van der Waals surface area contributed by atoms with Crippen LogP contribution in [-0.2, 0) is 4.79 Å². The number of carbonyl (C=O) groups excluding carboxylic acids is 2. The molecule has 47 heavy (non-hydrogen) atoms. The topological polar surface area (TPSA) is 78.4 Å². The van der Waals surface area contributed by atoms with Crippen LogP contribution < -0.4 is 10.6 Å². The van der Waals surface area contributed by atoms with E-state index in [-0.39, 0.29) is 31.1 Å². The molecule has 2 aromatic carbocycles. The first kappa shape index (κ1) is 33.2. The number of halogens is 6. The number of amides is 2. The van der Waals surface area contributed by atoms with Crippen molar-refractivity contribution in [2.75, 3.05) is 11.9 Å². The second-order valence-corrected chi connectivity index (χ2v) is 13.6. The van der Waals surface area contributed by atoms with Crippen LogP contribution in [0.5, 0.6) is 0 Å². The Labute approximate surface area is 274 Å². The largest absolute Gasteiger partial charge is 0.456 e. The Hall–Kier alpha value is -3.68. The molecule has 0 bridgehead atoms. The molecule has 11 heteroatoms. The van der Waals surface area contributed by atoms with Gasteiger partial charge in [0.05, 0.1) is 6.54 Å². The number of benzene rings is 2. The molecule has 6 rings (SSSR count). The number of hydrogen-bond donors (Lipinski definition) is 3. The Balaban J connectivity index is 1.27. The predicted octanol–water partition coefficient (Wildman–Crippen LogP) is 8.34. The highest BCUT2D eigenvalue weighted by Gasteiger charge is 2.79. The van der Waals surface area contributed by atoms with Gasteiger partial charge in [-0.1, -0.05) is 48.1 Å². The number of fused-ring (bicyclic) bond motifs is 4. The zero-order valence-electron chi connectivity index (χ0n) is 25.6. The number of carbonyl (C=O) groups is 2. The van der Waals surface area contributed by atoms with E-state index in [1.807, 2.05) is 0 Å². The van der Waals surface area contributed by atoms with Crippen molar-refractivity contribution in [1.82, 2.24) is 5.32 Å². The summed E-state index contributed by atoms with van der Waals surface area (Å²) in [5, 5.41) is 17.3. The first-order chi connectivity index (χ1) is 22.1. The molecule has 0 radical (unpaired) electrons. The maximum atomic E-state index is 15.2. The molecule has 0 heterocycles. The van der Waals surface area contributed by atoms with E-state index in [9.17, 15) is 27.9 Å². The quantitative estimate of drug-likeness (QED) is 0.226. The van der Waals surface area contributed by atoms with Gasteiger partial charge in [0.25, 0.3) is 0 Å². The van der Waals surface area contributed by atoms with Gasteiger partial charge in [0.15, 0.2) is 5.78 Å². The number of nitrogens with one attached hydrogen (secondary N) is 2. The second kappa shape index (κ2) is 12.1. The van der Waals surface area contributed by atoms with E-state index >= 15 is 8.78 Å². The maximum absolute atomic E-state index is 15.2. The molecule has 4 aliphatic rings.